The molecule has 1 heterocycles. The average molecular weight is 238 g/mol. The molecule has 1 saturated carbocycles. The van der Waals surface area contributed by atoms with Crippen LogP contribution in [0.15, 0.2) is 6.20 Å². The molecule has 0 radical (unpaired) electrons. The molecule has 1 aliphatic rings. The van der Waals surface area contributed by atoms with Crippen molar-refractivity contribution in [3.05, 3.63) is 6.20 Å². The van der Waals surface area contributed by atoms with Gasteiger partial charge in [0.25, 0.3) is 0 Å². The Morgan fingerprint density at radius 2 is 2.41 bits per heavy atom. The molecule has 1 fully saturated rings. The summed E-state index contributed by atoms with van der Waals surface area (Å²) in [6, 6.07) is 0. The lowest BCUT2D eigenvalue weighted by atomic mass is 9.77. The number of ether oxygens (including phenoxy) is 1. The Hall–Kier alpha value is -1.56. The second-order valence-corrected chi connectivity index (χ2v) is 4.54. The lowest BCUT2D eigenvalue weighted by Gasteiger charge is -2.39. The van der Waals surface area contributed by atoms with Crippen molar-refractivity contribution in [1.82, 2.24) is 9.78 Å². The van der Waals surface area contributed by atoms with E-state index in [0.717, 1.165) is 19.3 Å². The average Bonchev–Trinajstić information content (AvgIpc) is 2.55. The maximum absolute atomic E-state index is 11.9. The molecule has 17 heavy (non-hydrogen) atoms. The number of hydrogen-bond acceptors (Lipinski definition) is 4. The summed E-state index contributed by atoms with van der Waals surface area (Å²) in [6.45, 7) is 0. The molecule has 1 amide bonds. The highest BCUT2D eigenvalue weighted by Gasteiger charge is 2.39. The highest BCUT2D eigenvalue weighted by atomic mass is 16.5. The first-order valence-corrected chi connectivity index (χ1v) is 5.69. The first kappa shape index (κ1) is 11.9. The van der Waals surface area contributed by atoms with Crippen LogP contribution in [-0.2, 0) is 16.6 Å². The molecule has 3 N–H and O–H groups in total. The fourth-order valence-electron chi connectivity index (χ4n) is 2.10. The molecule has 0 aliphatic heterocycles. The molecular formula is C11H18N4O2. The van der Waals surface area contributed by atoms with Gasteiger partial charge in [0, 0.05) is 14.2 Å². The topological polar surface area (TPSA) is 82.2 Å². The maximum atomic E-state index is 11.9. The van der Waals surface area contributed by atoms with E-state index in [2.05, 4.69) is 10.4 Å². The third-order valence-corrected chi connectivity index (χ3v) is 3.41. The molecule has 0 atom stereocenters. The van der Waals surface area contributed by atoms with Gasteiger partial charge in [-0.1, -0.05) is 0 Å². The number of amides is 1. The van der Waals surface area contributed by atoms with Gasteiger partial charge in [-0.15, -0.1) is 0 Å². The molecule has 0 spiro atoms. The highest BCUT2D eigenvalue weighted by Crippen LogP contribution is 2.38. The molecule has 94 valence electrons. The van der Waals surface area contributed by atoms with Crippen molar-refractivity contribution in [2.75, 3.05) is 18.2 Å². The number of aromatic nitrogens is 2. The van der Waals surface area contributed by atoms with Crippen LogP contribution in [0.25, 0.3) is 0 Å². The van der Waals surface area contributed by atoms with Crippen LogP contribution in [0.5, 0.6) is 0 Å². The summed E-state index contributed by atoms with van der Waals surface area (Å²) in [5.74, 6) is 0.461. The number of nitrogens with one attached hydrogen (secondary N) is 1. The van der Waals surface area contributed by atoms with E-state index in [1.807, 2.05) is 0 Å². The molecular weight excluding hydrogens is 220 g/mol. The van der Waals surface area contributed by atoms with Gasteiger partial charge in [0.1, 0.15) is 0 Å². The molecule has 0 unspecified atom stereocenters. The molecule has 0 aromatic carbocycles. The Morgan fingerprint density at radius 3 is 2.82 bits per heavy atom. The Labute approximate surface area is 100 Å². The predicted molar refractivity (Wildman–Crippen MR) is 64.5 cm³/mol. The molecule has 2 rings (SSSR count). The summed E-state index contributed by atoms with van der Waals surface area (Å²) in [4.78, 5) is 11.9. The number of carbonyl (C=O) groups excluding carboxylic acids is 1. The van der Waals surface area contributed by atoms with E-state index in [4.69, 9.17) is 10.5 Å². The van der Waals surface area contributed by atoms with Gasteiger partial charge in [0.2, 0.25) is 5.91 Å². The predicted octanol–water partition coefficient (Wildman–Crippen LogP) is 0.900. The summed E-state index contributed by atoms with van der Waals surface area (Å²) in [6.07, 6.45) is 4.89. The minimum atomic E-state index is -0.266. The van der Waals surface area contributed by atoms with Crippen molar-refractivity contribution >= 4 is 17.4 Å². The van der Waals surface area contributed by atoms with Gasteiger partial charge in [-0.2, -0.15) is 5.10 Å². The van der Waals surface area contributed by atoms with Gasteiger partial charge >= 0.3 is 0 Å². The van der Waals surface area contributed by atoms with Gasteiger partial charge in [0.15, 0.2) is 5.82 Å². The minimum absolute atomic E-state index is 0.0816. The first-order chi connectivity index (χ1) is 8.06. The number of nitrogens with zero attached hydrogens (tertiary/aromatic N) is 2. The fourth-order valence-corrected chi connectivity index (χ4v) is 2.10. The van der Waals surface area contributed by atoms with Crippen LogP contribution in [0.3, 0.4) is 0 Å². The van der Waals surface area contributed by atoms with E-state index in [-0.39, 0.29) is 11.5 Å². The number of hydrogen-bond donors (Lipinski definition) is 2. The van der Waals surface area contributed by atoms with Gasteiger partial charge < -0.3 is 15.8 Å². The normalized spacial score (nSPS) is 17.5. The molecule has 6 heteroatoms. The second kappa shape index (κ2) is 4.37. The van der Waals surface area contributed by atoms with E-state index in [1.165, 1.54) is 6.20 Å². The Bertz CT molecular complexity index is 398. The van der Waals surface area contributed by atoms with Gasteiger partial charge in [-0.25, -0.2) is 0 Å². The smallest absolute Gasteiger partial charge is 0.228 e. The Kier molecular flexibility index (Phi) is 3.06. The van der Waals surface area contributed by atoms with Crippen LogP contribution in [0.4, 0.5) is 11.5 Å². The largest absolute Gasteiger partial charge is 0.394 e. The first-order valence-electron chi connectivity index (χ1n) is 5.69. The van der Waals surface area contributed by atoms with Crippen molar-refractivity contribution in [2.24, 2.45) is 7.05 Å². The van der Waals surface area contributed by atoms with Crippen LogP contribution in [-0.4, -0.2) is 28.4 Å². The fraction of sp³-hybridized carbons (Fsp3) is 0.636. The second-order valence-electron chi connectivity index (χ2n) is 4.54. The van der Waals surface area contributed by atoms with Crippen LogP contribution < -0.4 is 11.1 Å². The molecule has 6 nitrogen and oxygen atoms in total. The van der Waals surface area contributed by atoms with Gasteiger partial charge in [-0.3, -0.25) is 9.48 Å². The number of aryl methyl sites for hydroxylation is 1. The van der Waals surface area contributed by atoms with Crippen molar-refractivity contribution in [1.29, 1.82) is 0 Å². The van der Waals surface area contributed by atoms with Crippen molar-refractivity contribution < 1.29 is 9.53 Å². The lowest BCUT2D eigenvalue weighted by molar-refractivity contribution is -0.129. The van der Waals surface area contributed by atoms with E-state index in [9.17, 15) is 4.79 Å². The summed E-state index contributed by atoms with van der Waals surface area (Å²) in [5, 5.41) is 6.74. The molecule has 1 aromatic rings. The number of nitrogen functional groups attached to an aromatic ring is 1. The van der Waals surface area contributed by atoms with Crippen molar-refractivity contribution in [2.45, 2.75) is 31.3 Å². The van der Waals surface area contributed by atoms with Crippen molar-refractivity contribution in [3.63, 3.8) is 0 Å². The zero-order valence-corrected chi connectivity index (χ0v) is 10.2. The number of methoxy groups -OCH3 is 1. The molecule has 1 aromatic heterocycles. The summed E-state index contributed by atoms with van der Waals surface area (Å²) in [5.41, 5.74) is 5.91. The van der Waals surface area contributed by atoms with Gasteiger partial charge in [0.05, 0.1) is 23.9 Å². The van der Waals surface area contributed by atoms with E-state index in [0.29, 0.717) is 17.9 Å². The Balaban J connectivity index is 1.98. The van der Waals surface area contributed by atoms with Gasteiger partial charge in [-0.05, 0) is 19.3 Å². The quantitative estimate of drug-likeness (QED) is 0.816. The van der Waals surface area contributed by atoms with Crippen LogP contribution >= 0.6 is 0 Å². The van der Waals surface area contributed by atoms with Crippen LogP contribution in [0.1, 0.15) is 25.7 Å². The maximum Gasteiger partial charge on any atom is 0.228 e. The molecule has 1 aliphatic carbocycles. The summed E-state index contributed by atoms with van der Waals surface area (Å²) in [7, 11) is 3.40. The molecule has 0 bridgehead atoms. The van der Waals surface area contributed by atoms with E-state index < -0.39 is 0 Å². The van der Waals surface area contributed by atoms with E-state index >= 15 is 0 Å². The van der Waals surface area contributed by atoms with Crippen LogP contribution in [0, 0.1) is 0 Å². The third kappa shape index (κ3) is 2.26. The zero-order chi connectivity index (χ0) is 12.5. The van der Waals surface area contributed by atoms with Crippen molar-refractivity contribution in [3.8, 4) is 0 Å². The monoisotopic (exact) mass is 238 g/mol. The SMILES string of the molecule is COC1(CC(=O)Nc2c(N)cnn2C)CCC1. The molecule has 0 saturated heterocycles. The number of anilines is 2. The third-order valence-electron chi connectivity index (χ3n) is 3.41. The minimum Gasteiger partial charge on any atom is -0.394 e. The van der Waals surface area contributed by atoms with E-state index in [1.54, 1.807) is 18.8 Å². The Morgan fingerprint density at radius 1 is 1.71 bits per heavy atom. The highest BCUT2D eigenvalue weighted by molar-refractivity contribution is 5.93. The number of carbonyl (C=O) groups is 1. The number of rotatable bonds is 4. The summed E-state index contributed by atoms with van der Waals surface area (Å²) < 4.78 is 6.96. The van der Waals surface area contributed by atoms with Crippen LogP contribution in [0.2, 0.25) is 0 Å². The standard InChI is InChI=1S/C11H18N4O2/c1-15-10(8(12)7-13-15)14-9(16)6-11(17-2)4-3-5-11/h7H,3-6,12H2,1-2H3,(H,14,16). The lowest BCUT2D eigenvalue weighted by Crippen LogP contribution is -2.42. The zero-order valence-electron chi connectivity index (χ0n) is 10.2. The summed E-state index contributed by atoms with van der Waals surface area (Å²) >= 11 is 0. The number of nitrogens with two attached hydrogens (primary N) is 1.